The van der Waals surface area contributed by atoms with Crippen LogP contribution in [0.1, 0.15) is 55.0 Å². The first kappa shape index (κ1) is 30.8. The van der Waals surface area contributed by atoms with Crippen molar-refractivity contribution in [1.29, 1.82) is 0 Å². The minimum atomic E-state index is -0.685. The lowest BCUT2D eigenvalue weighted by atomic mass is 9.93. The Hall–Kier alpha value is -4.17. The zero-order valence-corrected chi connectivity index (χ0v) is 27.5. The van der Waals surface area contributed by atoms with Crippen LogP contribution in [-0.4, -0.2) is 17.6 Å². The van der Waals surface area contributed by atoms with Crippen LogP contribution in [0.5, 0.6) is 5.75 Å². The number of aromatic nitrogens is 1. The van der Waals surface area contributed by atoms with Crippen LogP contribution in [0.3, 0.4) is 0 Å². The molecule has 0 saturated carbocycles. The van der Waals surface area contributed by atoms with Gasteiger partial charge >= 0.3 is 5.97 Å². The molecule has 0 fully saturated rings. The molecule has 0 aliphatic carbocycles. The van der Waals surface area contributed by atoms with Gasteiger partial charge in [-0.25, -0.2) is 9.79 Å². The van der Waals surface area contributed by atoms with Crippen LogP contribution in [0.2, 0.25) is 10.0 Å². The average molecular weight is 658 g/mol. The Morgan fingerprint density at radius 2 is 1.78 bits per heavy atom. The van der Waals surface area contributed by atoms with Crippen molar-refractivity contribution in [2.75, 3.05) is 7.11 Å². The Balaban J connectivity index is 1.51. The number of carbonyl (C=O) groups is 1. The highest BCUT2D eigenvalue weighted by molar-refractivity contribution is 7.07. The van der Waals surface area contributed by atoms with Crippen LogP contribution in [0, 0.1) is 0 Å². The van der Waals surface area contributed by atoms with Crippen molar-refractivity contribution in [2.45, 2.75) is 39.3 Å². The highest BCUT2D eigenvalue weighted by Crippen LogP contribution is 2.33. The average Bonchev–Trinajstić information content (AvgIpc) is 3.34. The van der Waals surface area contributed by atoms with Gasteiger partial charge in [-0.05, 0) is 64.6 Å². The molecule has 0 N–H and O–H groups in total. The highest BCUT2D eigenvalue weighted by Gasteiger charge is 2.33. The first-order valence-electron chi connectivity index (χ1n) is 14.5. The van der Waals surface area contributed by atoms with Crippen molar-refractivity contribution >= 4 is 57.4 Å². The summed E-state index contributed by atoms with van der Waals surface area (Å²) in [6.07, 6.45) is 1.85. The van der Waals surface area contributed by atoms with Crippen molar-refractivity contribution in [1.82, 2.24) is 4.57 Å². The highest BCUT2D eigenvalue weighted by atomic mass is 35.5. The van der Waals surface area contributed by atoms with Crippen LogP contribution in [-0.2, 0) is 16.1 Å². The molecule has 4 aromatic carbocycles. The lowest BCUT2D eigenvalue weighted by Gasteiger charge is -2.24. The van der Waals surface area contributed by atoms with Gasteiger partial charge in [0.15, 0.2) is 4.80 Å². The second kappa shape index (κ2) is 12.7. The Kier molecular flexibility index (Phi) is 8.69. The Morgan fingerprint density at radius 1 is 1.02 bits per heavy atom. The van der Waals surface area contributed by atoms with Crippen LogP contribution >= 0.6 is 34.5 Å². The fourth-order valence-corrected chi connectivity index (χ4v) is 6.89. The van der Waals surface area contributed by atoms with E-state index in [9.17, 15) is 9.59 Å². The minimum absolute atomic E-state index is 0.255. The Bertz CT molecular complexity index is 2160. The molecule has 1 aliphatic heterocycles. The Morgan fingerprint density at radius 3 is 2.49 bits per heavy atom. The maximum atomic E-state index is 14.3. The fourth-order valence-electron chi connectivity index (χ4n) is 5.54. The summed E-state index contributed by atoms with van der Waals surface area (Å²) in [5.74, 6) is 0.431. The standard InChI is InChI=1S/C36H30Cl2N2O4S/c1-20(2)23-10-12-25(13-11-23)33-32(35(42)43-4)21(3)39-36-40(33)34(41)31(45-36)18-27-26-8-6-5-7-24(26)14-16-30(27)44-19-22-9-15-28(37)29(38)17-22/h5-18,20,33H,19H2,1-4H3/b31-18-/t33-/m0/s1. The van der Waals surface area contributed by atoms with Gasteiger partial charge in [0.1, 0.15) is 12.4 Å². The molecular weight excluding hydrogens is 627 g/mol. The molecule has 6 nitrogen and oxygen atoms in total. The number of nitrogens with zero attached hydrogens (tertiary/aromatic N) is 2. The van der Waals surface area contributed by atoms with E-state index in [-0.39, 0.29) is 12.2 Å². The van der Waals surface area contributed by atoms with E-state index in [1.165, 1.54) is 18.4 Å². The number of methoxy groups -OCH3 is 1. The molecule has 45 heavy (non-hydrogen) atoms. The summed E-state index contributed by atoms with van der Waals surface area (Å²) in [7, 11) is 1.34. The molecule has 1 aliphatic rings. The van der Waals surface area contributed by atoms with E-state index in [4.69, 9.17) is 37.7 Å². The van der Waals surface area contributed by atoms with E-state index < -0.39 is 12.0 Å². The number of allylic oxidation sites excluding steroid dienone is 1. The van der Waals surface area contributed by atoms with Crippen molar-refractivity contribution in [3.8, 4) is 5.75 Å². The zero-order valence-electron chi connectivity index (χ0n) is 25.1. The second-order valence-corrected chi connectivity index (χ2v) is 13.0. The molecule has 5 aromatic rings. The number of carbonyl (C=O) groups excluding carboxylic acids is 1. The van der Waals surface area contributed by atoms with Crippen molar-refractivity contribution in [3.05, 3.63) is 142 Å². The number of hydrogen-bond donors (Lipinski definition) is 0. The van der Waals surface area contributed by atoms with Gasteiger partial charge in [-0.2, -0.15) is 0 Å². The lowest BCUT2D eigenvalue weighted by molar-refractivity contribution is -0.136. The number of thiazole rings is 1. The summed E-state index contributed by atoms with van der Waals surface area (Å²) in [4.78, 5) is 32.6. The third-order valence-electron chi connectivity index (χ3n) is 7.93. The van der Waals surface area contributed by atoms with Gasteiger partial charge in [0.05, 0.1) is 39.0 Å². The fraction of sp³-hybridized carbons (Fsp3) is 0.194. The quantitative estimate of drug-likeness (QED) is 0.169. The Labute approximate surface area is 274 Å². The van der Waals surface area contributed by atoms with Gasteiger partial charge in [-0.3, -0.25) is 9.36 Å². The molecule has 1 aromatic heterocycles. The molecule has 0 radical (unpaired) electrons. The maximum absolute atomic E-state index is 14.3. The molecule has 228 valence electrons. The minimum Gasteiger partial charge on any atom is -0.488 e. The topological polar surface area (TPSA) is 69.9 Å². The van der Waals surface area contributed by atoms with Gasteiger partial charge in [-0.15, -0.1) is 0 Å². The van der Waals surface area contributed by atoms with E-state index in [0.29, 0.717) is 42.3 Å². The molecule has 2 heterocycles. The summed E-state index contributed by atoms with van der Waals surface area (Å²) in [5, 5.41) is 2.86. The number of esters is 1. The lowest BCUT2D eigenvalue weighted by Crippen LogP contribution is -2.39. The maximum Gasteiger partial charge on any atom is 0.338 e. The third-order valence-corrected chi connectivity index (χ3v) is 9.65. The van der Waals surface area contributed by atoms with Crippen molar-refractivity contribution in [2.24, 2.45) is 4.99 Å². The van der Waals surface area contributed by atoms with Gasteiger partial charge < -0.3 is 9.47 Å². The summed E-state index contributed by atoms with van der Waals surface area (Å²) >= 11 is 13.6. The number of benzene rings is 4. The second-order valence-electron chi connectivity index (χ2n) is 11.1. The molecule has 1 atom stereocenters. The van der Waals surface area contributed by atoms with Gasteiger partial charge in [0, 0.05) is 5.56 Å². The smallest absolute Gasteiger partial charge is 0.338 e. The summed E-state index contributed by atoms with van der Waals surface area (Å²) in [5.41, 5.74) is 4.19. The summed E-state index contributed by atoms with van der Waals surface area (Å²) in [6, 6.07) is 24.5. The molecule has 0 amide bonds. The number of ether oxygens (including phenoxy) is 2. The normalized spacial score (nSPS) is 14.9. The van der Waals surface area contributed by atoms with E-state index >= 15 is 0 Å². The van der Waals surface area contributed by atoms with Gasteiger partial charge in [-0.1, -0.05) is 109 Å². The molecular formula is C36H30Cl2N2O4S. The predicted octanol–water partition coefficient (Wildman–Crippen LogP) is 7.57. The molecule has 0 unspecified atom stereocenters. The van der Waals surface area contributed by atoms with Crippen LogP contribution < -0.4 is 19.6 Å². The summed E-state index contributed by atoms with van der Waals surface area (Å²) < 4.78 is 13.5. The predicted molar refractivity (Wildman–Crippen MR) is 181 cm³/mol. The van der Waals surface area contributed by atoms with Gasteiger partial charge in [0.25, 0.3) is 5.56 Å². The SMILES string of the molecule is COC(=O)C1=C(C)N=c2s/c(=C\c3c(OCc4ccc(Cl)c(Cl)c4)ccc4ccccc34)c(=O)n2[C@H]1c1ccc(C(C)C)cc1. The van der Waals surface area contributed by atoms with Crippen LogP contribution in [0.25, 0.3) is 16.8 Å². The number of rotatable bonds is 7. The monoisotopic (exact) mass is 656 g/mol. The first-order chi connectivity index (χ1) is 21.7. The zero-order chi connectivity index (χ0) is 31.8. The van der Waals surface area contributed by atoms with E-state index in [1.54, 1.807) is 23.6 Å². The number of halogens is 2. The van der Waals surface area contributed by atoms with Crippen molar-refractivity contribution in [3.63, 3.8) is 0 Å². The first-order valence-corrected chi connectivity index (χ1v) is 16.0. The number of fused-ring (bicyclic) bond motifs is 2. The van der Waals surface area contributed by atoms with Crippen molar-refractivity contribution < 1.29 is 14.3 Å². The molecule has 0 saturated heterocycles. The molecule has 6 rings (SSSR count). The molecule has 0 bridgehead atoms. The summed E-state index contributed by atoms with van der Waals surface area (Å²) in [6.45, 7) is 6.28. The molecule has 0 spiro atoms. The molecule has 9 heteroatoms. The van der Waals surface area contributed by atoms with E-state index in [1.807, 2.05) is 72.8 Å². The van der Waals surface area contributed by atoms with E-state index in [2.05, 4.69) is 13.8 Å². The van der Waals surface area contributed by atoms with Crippen LogP contribution in [0.4, 0.5) is 0 Å². The number of hydrogen-bond acceptors (Lipinski definition) is 6. The van der Waals surface area contributed by atoms with E-state index in [0.717, 1.165) is 33.0 Å². The third kappa shape index (κ3) is 5.96. The van der Waals surface area contributed by atoms with Crippen LogP contribution in [0.15, 0.2) is 99.9 Å². The van der Waals surface area contributed by atoms with Gasteiger partial charge in [0.2, 0.25) is 0 Å². The largest absolute Gasteiger partial charge is 0.488 e.